The first-order valence-corrected chi connectivity index (χ1v) is 4.64. The van der Waals surface area contributed by atoms with Crippen molar-refractivity contribution in [2.75, 3.05) is 26.9 Å². The second kappa shape index (κ2) is 8.50. The Balaban J connectivity index is 3.32. The number of carbonyl (C=O) groups excluding carboxylic acids is 2. The van der Waals surface area contributed by atoms with E-state index in [1.165, 1.54) is 7.05 Å². The molecule has 1 N–H and O–H groups in total. The molecule has 0 fully saturated rings. The van der Waals surface area contributed by atoms with Crippen molar-refractivity contribution in [1.29, 1.82) is 0 Å². The molecule has 0 aromatic heterocycles. The second-order valence-corrected chi connectivity index (χ2v) is 2.59. The van der Waals surface area contributed by atoms with E-state index in [1.54, 1.807) is 0 Å². The van der Waals surface area contributed by atoms with Gasteiger partial charge in [-0.15, -0.1) is 0 Å². The molecule has 0 radical (unpaired) electrons. The molecule has 0 saturated carbocycles. The summed E-state index contributed by atoms with van der Waals surface area (Å²) in [6, 6.07) is 0. The minimum Gasteiger partial charge on any atom is -0.463 e. The van der Waals surface area contributed by atoms with Crippen LogP contribution >= 0.6 is 0 Å². The van der Waals surface area contributed by atoms with Gasteiger partial charge in [-0.1, -0.05) is 0 Å². The maximum Gasteiger partial charge on any atom is 0.306 e. The van der Waals surface area contributed by atoms with Gasteiger partial charge in [0.25, 0.3) is 0 Å². The summed E-state index contributed by atoms with van der Waals surface area (Å²) in [7, 11) is 1.53. The van der Waals surface area contributed by atoms with E-state index in [0.29, 0.717) is 13.2 Å². The van der Waals surface area contributed by atoms with Crippen molar-refractivity contribution in [3.63, 3.8) is 0 Å². The van der Waals surface area contributed by atoms with E-state index >= 15 is 0 Å². The van der Waals surface area contributed by atoms with Crippen LogP contribution in [0, 0.1) is 0 Å². The number of amides is 1. The summed E-state index contributed by atoms with van der Waals surface area (Å²) in [5.41, 5.74) is 0. The lowest BCUT2D eigenvalue weighted by Gasteiger charge is -2.04. The molecule has 0 aromatic carbocycles. The molecular weight excluding hydrogens is 186 g/mol. The molecule has 0 aliphatic heterocycles. The van der Waals surface area contributed by atoms with Gasteiger partial charge in [0.2, 0.25) is 5.91 Å². The zero-order chi connectivity index (χ0) is 10.8. The van der Waals surface area contributed by atoms with Crippen LogP contribution < -0.4 is 5.32 Å². The smallest absolute Gasteiger partial charge is 0.306 e. The van der Waals surface area contributed by atoms with Crippen LogP contribution in [0.1, 0.15) is 19.8 Å². The summed E-state index contributed by atoms with van der Waals surface area (Å²) in [5, 5.41) is 2.43. The fourth-order valence-corrected chi connectivity index (χ4v) is 0.772. The molecular formula is C9H17NO4. The molecule has 0 rings (SSSR count). The first-order valence-electron chi connectivity index (χ1n) is 4.64. The van der Waals surface area contributed by atoms with Gasteiger partial charge >= 0.3 is 5.97 Å². The van der Waals surface area contributed by atoms with Gasteiger partial charge in [0.1, 0.15) is 6.61 Å². The lowest BCUT2D eigenvalue weighted by molar-refractivity contribution is -0.146. The van der Waals surface area contributed by atoms with Crippen molar-refractivity contribution in [3.05, 3.63) is 0 Å². The zero-order valence-corrected chi connectivity index (χ0v) is 8.67. The Morgan fingerprint density at radius 2 is 1.93 bits per heavy atom. The van der Waals surface area contributed by atoms with Crippen LogP contribution in [-0.2, 0) is 19.1 Å². The van der Waals surface area contributed by atoms with Gasteiger partial charge in [-0.2, -0.15) is 0 Å². The maximum atomic E-state index is 11.0. The SMILES string of the molecule is CCOCCOC(=O)CCC(=O)NC. The van der Waals surface area contributed by atoms with Crippen LogP contribution in [0.2, 0.25) is 0 Å². The third-order valence-electron chi connectivity index (χ3n) is 1.53. The molecule has 0 spiro atoms. The minimum absolute atomic E-state index is 0.117. The molecule has 14 heavy (non-hydrogen) atoms. The molecule has 0 aliphatic carbocycles. The van der Waals surface area contributed by atoms with Gasteiger partial charge in [0, 0.05) is 20.1 Å². The Hall–Kier alpha value is -1.10. The fourth-order valence-electron chi connectivity index (χ4n) is 0.772. The highest BCUT2D eigenvalue weighted by Gasteiger charge is 2.05. The number of ether oxygens (including phenoxy) is 2. The molecule has 5 heteroatoms. The van der Waals surface area contributed by atoms with E-state index in [0.717, 1.165) is 0 Å². The van der Waals surface area contributed by atoms with E-state index in [-0.39, 0.29) is 31.3 Å². The van der Waals surface area contributed by atoms with Gasteiger partial charge in [0.05, 0.1) is 13.0 Å². The first-order chi connectivity index (χ1) is 6.70. The van der Waals surface area contributed by atoms with E-state index in [9.17, 15) is 9.59 Å². The number of hydrogen-bond acceptors (Lipinski definition) is 4. The van der Waals surface area contributed by atoms with E-state index in [4.69, 9.17) is 9.47 Å². The van der Waals surface area contributed by atoms with E-state index < -0.39 is 0 Å². The number of esters is 1. The zero-order valence-electron chi connectivity index (χ0n) is 8.67. The Morgan fingerprint density at radius 1 is 1.21 bits per heavy atom. The molecule has 1 amide bonds. The Kier molecular flexibility index (Phi) is 7.83. The molecule has 0 heterocycles. The molecule has 82 valence electrons. The van der Waals surface area contributed by atoms with Crippen molar-refractivity contribution in [2.45, 2.75) is 19.8 Å². The van der Waals surface area contributed by atoms with E-state index in [1.807, 2.05) is 6.92 Å². The Bertz CT molecular complexity index is 182. The predicted molar refractivity (Wildman–Crippen MR) is 50.8 cm³/mol. The lowest BCUT2D eigenvalue weighted by Crippen LogP contribution is -2.19. The summed E-state index contributed by atoms with van der Waals surface area (Å²) < 4.78 is 9.77. The average molecular weight is 203 g/mol. The molecule has 0 atom stereocenters. The van der Waals surface area contributed by atoms with Crippen LogP contribution in [-0.4, -0.2) is 38.7 Å². The van der Waals surface area contributed by atoms with Crippen LogP contribution in [0.3, 0.4) is 0 Å². The predicted octanol–water partition coefficient (Wildman–Crippen LogP) is 0.0923. The summed E-state index contributed by atoms with van der Waals surface area (Å²) in [6.07, 6.45) is 0.287. The van der Waals surface area contributed by atoms with Crippen molar-refractivity contribution >= 4 is 11.9 Å². The van der Waals surface area contributed by atoms with Crippen molar-refractivity contribution in [1.82, 2.24) is 5.32 Å². The van der Waals surface area contributed by atoms with Crippen LogP contribution in [0.15, 0.2) is 0 Å². The first kappa shape index (κ1) is 12.9. The third-order valence-corrected chi connectivity index (χ3v) is 1.53. The number of hydrogen-bond donors (Lipinski definition) is 1. The van der Waals surface area contributed by atoms with Crippen molar-refractivity contribution < 1.29 is 19.1 Å². The van der Waals surface area contributed by atoms with Gasteiger partial charge < -0.3 is 14.8 Å². The summed E-state index contributed by atoms with van der Waals surface area (Å²) in [5.74, 6) is -0.528. The average Bonchev–Trinajstić information content (AvgIpc) is 2.21. The summed E-state index contributed by atoms with van der Waals surface area (Å²) in [4.78, 5) is 21.7. The highest BCUT2D eigenvalue weighted by Crippen LogP contribution is 1.92. The van der Waals surface area contributed by atoms with Crippen LogP contribution in [0.25, 0.3) is 0 Å². The highest BCUT2D eigenvalue weighted by molar-refractivity contribution is 5.80. The standard InChI is InChI=1S/C9H17NO4/c1-3-13-6-7-14-9(12)5-4-8(11)10-2/h3-7H2,1-2H3,(H,10,11). The summed E-state index contributed by atoms with van der Waals surface area (Å²) in [6.45, 7) is 3.13. The van der Waals surface area contributed by atoms with Gasteiger partial charge in [-0.05, 0) is 6.92 Å². The monoisotopic (exact) mass is 203 g/mol. The van der Waals surface area contributed by atoms with E-state index in [2.05, 4.69) is 5.32 Å². The normalized spacial score (nSPS) is 9.57. The van der Waals surface area contributed by atoms with Gasteiger partial charge in [0.15, 0.2) is 0 Å². The third kappa shape index (κ3) is 7.54. The van der Waals surface area contributed by atoms with Crippen LogP contribution in [0.5, 0.6) is 0 Å². The molecule has 0 saturated heterocycles. The Labute approximate surface area is 83.8 Å². The number of rotatable bonds is 7. The lowest BCUT2D eigenvalue weighted by atomic mass is 10.3. The van der Waals surface area contributed by atoms with Crippen LogP contribution in [0.4, 0.5) is 0 Å². The van der Waals surface area contributed by atoms with Crippen molar-refractivity contribution in [3.8, 4) is 0 Å². The number of carbonyl (C=O) groups is 2. The maximum absolute atomic E-state index is 11.0. The molecule has 0 bridgehead atoms. The van der Waals surface area contributed by atoms with Crippen molar-refractivity contribution in [2.24, 2.45) is 0 Å². The number of nitrogens with one attached hydrogen (secondary N) is 1. The molecule has 0 aromatic rings. The minimum atomic E-state index is -0.367. The Morgan fingerprint density at radius 3 is 2.50 bits per heavy atom. The highest BCUT2D eigenvalue weighted by atomic mass is 16.6. The van der Waals surface area contributed by atoms with Gasteiger partial charge in [-0.25, -0.2) is 0 Å². The second-order valence-electron chi connectivity index (χ2n) is 2.59. The molecule has 0 unspecified atom stereocenters. The fraction of sp³-hybridized carbons (Fsp3) is 0.778. The molecule has 0 aliphatic rings. The van der Waals surface area contributed by atoms with Gasteiger partial charge in [-0.3, -0.25) is 9.59 Å². The quantitative estimate of drug-likeness (QED) is 0.470. The topological polar surface area (TPSA) is 64.6 Å². The largest absolute Gasteiger partial charge is 0.463 e. The summed E-state index contributed by atoms with van der Waals surface area (Å²) >= 11 is 0. The molecule has 5 nitrogen and oxygen atoms in total.